The summed E-state index contributed by atoms with van der Waals surface area (Å²) in [6, 6.07) is 19.3. The van der Waals surface area contributed by atoms with Gasteiger partial charge in [0.1, 0.15) is 5.70 Å². The zero-order chi connectivity index (χ0) is 24.8. The summed E-state index contributed by atoms with van der Waals surface area (Å²) in [7, 11) is 0. The molecule has 0 saturated carbocycles. The molecule has 0 unspecified atom stereocenters. The fraction of sp³-hybridized carbons (Fsp3) is 0.259. The van der Waals surface area contributed by atoms with Gasteiger partial charge in [0, 0.05) is 24.9 Å². The van der Waals surface area contributed by atoms with Crippen molar-refractivity contribution in [2.24, 2.45) is 0 Å². The SMILES string of the molecule is CCOC(=O)C(=Cc1ccc(N(CCC#N)CCC#N)cc1C)NC(=O)C=Cc1ccccc1. The molecule has 0 aliphatic carbocycles. The number of benzene rings is 2. The third kappa shape index (κ3) is 8.29. The Morgan fingerprint density at radius 3 is 2.32 bits per heavy atom. The van der Waals surface area contributed by atoms with E-state index in [0.29, 0.717) is 25.9 Å². The molecule has 1 amide bonds. The summed E-state index contributed by atoms with van der Waals surface area (Å²) < 4.78 is 5.11. The van der Waals surface area contributed by atoms with Gasteiger partial charge in [0.05, 0.1) is 31.6 Å². The third-order valence-electron chi connectivity index (χ3n) is 4.89. The summed E-state index contributed by atoms with van der Waals surface area (Å²) in [5, 5.41) is 20.5. The molecule has 0 bridgehead atoms. The molecule has 7 heteroatoms. The number of anilines is 1. The van der Waals surface area contributed by atoms with Crippen LogP contribution >= 0.6 is 0 Å². The molecular weight excluding hydrogens is 428 g/mol. The molecule has 0 spiro atoms. The fourth-order valence-electron chi connectivity index (χ4n) is 3.18. The van der Waals surface area contributed by atoms with Crippen LogP contribution in [0, 0.1) is 29.6 Å². The first-order chi connectivity index (χ1) is 16.5. The molecule has 0 aliphatic heterocycles. The fourth-order valence-corrected chi connectivity index (χ4v) is 3.18. The van der Waals surface area contributed by atoms with Crippen molar-refractivity contribution in [1.82, 2.24) is 5.32 Å². The van der Waals surface area contributed by atoms with E-state index in [2.05, 4.69) is 17.5 Å². The number of hydrogen-bond donors (Lipinski definition) is 1. The van der Waals surface area contributed by atoms with Crippen LogP contribution in [0.2, 0.25) is 0 Å². The lowest BCUT2D eigenvalue weighted by atomic mass is 10.1. The molecular formula is C27H28N4O3. The van der Waals surface area contributed by atoms with Crippen molar-refractivity contribution in [2.45, 2.75) is 26.7 Å². The second kappa shape index (κ2) is 13.9. The molecule has 0 atom stereocenters. The highest BCUT2D eigenvalue weighted by Gasteiger charge is 2.14. The monoisotopic (exact) mass is 456 g/mol. The summed E-state index contributed by atoms with van der Waals surface area (Å²) in [5.41, 5.74) is 3.38. The van der Waals surface area contributed by atoms with E-state index in [0.717, 1.165) is 22.4 Å². The number of ether oxygens (including phenoxy) is 1. The summed E-state index contributed by atoms with van der Waals surface area (Å²) in [6.45, 7) is 4.80. The van der Waals surface area contributed by atoms with Crippen molar-refractivity contribution in [3.8, 4) is 12.1 Å². The van der Waals surface area contributed by atoms with Gasteiger partial charge in [0.2, 0.25) is 5.91 Å². The zero-order valence-corrected chi connectivity index (χ0v) is 19.5. The number of rotatable bonds is 11. The number of hydrogen-bond acceptors (Lipinski definition) is 6. The number of nitrogens with one attached hydrogen (secondary N) is 1. The molecule has 2 aromatic rings. The number of carbonyl (C=O) groups is 2. The first kappa shape index (κ1) is 25.9. The van der Waals surface area contributed by atoms with Crippen molar-refractivity contribution < 1.29 is 14.3 Å². The van der Waals surface area contributed by atoms with Crippen LogP contribution < -0.4 is 10.2 Å². The maximum absolute atomic E-state index is 12.5. The molecule has 0 heterocycles. The Bertz CT molecular complexity index is 1110. The highest BCUT2D eigenvalue weighted by atomic mass is 16.5. The number of esters is 1. The zero-order valence-electron chi connectivity index (χ0n) is 19.5. The average Bonchev–Trinajstić information content (AvgIpc) is 2.84. The summed E-state index contributed by atoms with van der Waals surface area (Å²) in [5.74, 6) is -1.08. The van der Waals surface area contributed by atoms with E-state index in [1.54, 1.807) is 19.1 Å². The summed E-state index contributed by atoms with van der Waals surface area (Å²) in [6.07, 6.45) is 5.30. The molecule has 34 heavy (non-hydrogen) atoms. The first-order valence-electron chi connectivity index (χ1n) is 11.0. The van der Waals surface area contributed by atoms with Crippen LogP contribution in [-0.2, 0) is 14.3 Å². The normalized spacial score (nSPS) is 10.9. The van der Waals surface area contributed by atoms with Crippen molar-refractivity contribution >= 4 is 29.7 Å². The molecule has 174 valence electrons. The van der Waals surface area contributed by atoms with E-state index < -0.39 is 11.9 Å². The van der Waals surface area contributed by atoms with Crippen molar-refractivity contribution in [2.75, 3.05) is 24.6 Å². The van der Waals surface area contributed by atoms with Crippen LogP contribution in [0.25, 0.3) is 12.2 Å². The van der Waals surface area contributed by atoms with E-state index in [1.807, 2.05) is 60.4 Å². The summed E-state index contributed by atoms with van der Waals surface area (Å²) in [4.78, 5) is 26.9. The van der Waals surface area contributed by atoms with E-state index in [-0.39, 0.29) is 12.3 Å². The maximum Gasteiger partial charge on any atom is 0.354 e. The predicted molar refractivity (Wildman–Crippen MR) is 132 cm³/mol. The van der Waals surface area contributed by atoms with E-state index in [4.69, 9.17) is 15.3 Å². The lowest BCUT2D eigenvalue weighted by molar-refractivity contribution is -0.139. The number of nitrogens with zero attached hydrogens (tertiary/aromatic N) is 3. The van der Waals surface area contributed by atoms with Gasteiger partial charge in [-0.05, 0) is 54.8 Å². The van der Waals surface area contributed by atoms with E-state index in [1.165, 1.54) is 6.08 Å². The molecule has 0 radical (unpaired) electrons. The van der Waals surface area contributed by atoms with Gasteiger partial charge in [-0.2, -0.15) is 10.5 Å². The van der Waals surface area contributed by atoms with Gasteiger partial charge in [0.15, 0.2) is 0 Å². The van der Waals surface area contributed by atoms with Gasteiger partial charge >= 0.3 is 5.97 Å². The van der Waals surface area contributed by atoms with Gasteiger partial charge < -0.3 is 15.0 Å². The van der Waals surface area contributed by atoms with Gasteiger partial charge in [-0.25, -0.2) is 4.79 Å². The molecule has 0 aromatic heterocycles. The van der Waals surface area contributed by atoms with Crippen LogP contribution in [0.15, 0.2) is 60.3 Å². The number of nitriles is 2. The predicted octanol–water partition coefficient (Wildman–Crippen LogP) is 4.36. The molecule has 1 N–H and O–H groups in total. The Balaban J connectivity index is 2.27. The number of aryl methyl sites for hydroxylation is 1. The number of carbonyl (C=O) groups excluding carboxylic acids is 2. The minimum Gasteiger partial charge on any atom is -0.461 e. The maximum atomic E-state index is 12.5. The Hall–Kier alpha value is -4.36. The smallest absolute Gasteiger partial charge is 0.354 e. The quantitative estimate of drug-likeness (QED) is 0.398. The Morgan fingerprint density at radius 1 is 1.06 bits per heavy atom. The van der Waals surface area contributed by atoms with E-state index in [9.17, 15) is 9.59 Å². The Morgan fingerprint density at radius 2 is 1.74 bits per heavy atom. The largest absolute Gasteiger partial charge is 0.461 e. The Labute approximate surface area is 200 Å². The number of amides is 1. The van der Waals surface area contributed by atoms with Crippen molar-refractivity contribution in [1.29, 1.82) is 10.5 Å². The van der Waals surface area contributed by atoms with Crippen LogP contribution in [0.4, 0.5) is 5.69 Å². The highest BCUT2D eigenvalue weighted by Crippen LogP contribution is 2.22. The Kier molecular flexibility index (Phi) is 10.6. The summed E-state index contributed by atoms with van der Waals surface area (Å²) >= 11 is 0. The van der Waals surface area contributed by atoms with Gasteiger partial charge in [0.25, 0.3) is 0 Å². The van der Waals surface area contributed by atoms with Crippen LogP contribution in [0.5, 0.6) is 0 Å². The topological polar surface area (TPSA) is 106 Å². The van der Waals surface area contributed by atoms with E-state index >= 15 is 0 Å². The molecule has 0 saturated heterocycles. The van der Waals surface area contributed by atoms with Crippen molar-refractivity contribution in [3.63, 3.8) is 0 Å². The van der Waals surface area contributed by atoms with Gasteiger partial charge in [-0.15, -0.1) is 0 Å². The second-order valence-corrected chi connectivity index (χ2v) is 7.36. The lowest BCUT2D eigenvalue weighted by Crippen LogP contribution is -2.27. The molecule has 2 rings (SSSR count). The molecule has 0 aliphatic rings. The van der Waals surface area contributed by atoms with Crippen LogP contribution in [0.3, 0.4) is 0 Å². The first-order valence-corrected chi connectivity index (χ1v) is 11.0. The highest BCUT2D eigenvalue weighted by molar-refractivity contribution is 6.02. The van der Waals surface area contributed by atoms with Gasteiger partial charge in [-0.1, -0.05) is 36.4 Å². The average molecular weight is 457 g/mol. The van der Waals surface area contributed by atoms with Crippen molar-refractivity contribution in [3.05, 3.63) is 77.0 Å². The standard InChI is InChI=1S/C27H28N4O3/c1-3-34-27(33)25(30-26(32)14-11-22-9-5-4-6-10-22)20-23-12-13-24(19-21(23)2)31(17-7-15-28)18-8-16-29/h4-6,9-14,19-20H,3,7-8,17-18H2,1-2H3,(H,30,32). The van der Waals surface area contributed by atoms with Crippen LogP contribution in [-0.4, -0.2) is 31.6 Å². The molecule has 2 aromatic carbocycles. The minimum atomic E-state index is -0.628. The molecule has 7 nitrogen and oxygen atoms in total. The van der Waals surface area contributed by atoms with Crippen LogP contribution in [0.1, 0.15) is 36.5 Å². The van der Waals surface area contributed by atoms with Gasteiger partial charge in [-0.3, -0.25) is 4.79 Å². The molecule has 0 fully saturated rings. The second-order valence-electron chi connectivity index (χ2n) is 7.36. The third-order valence-corrected chi connectivity index (χ3v) is 4.89. The minimum absolute atomic E-state index is 0.0335. The lowest BCUT2D eigenvalue weighted by Gasteiger charge is -2.23.